The van der Waals surface area contributed by atoms with Gasteiger partial charge in [-0.2, -0.15) is 0 Å². The summed E-state index contributed by atoms with van der Waals surface area (Å²) < 4.78 is 5.20. The Bertz CT molecular complexity index is 374. The Morgan fingerprint density at radius 2 is 1.89 bits per heavy atom. The molecule has 0 heterocycles. The van der Waals surface area contributed by atoms with Crippen molar-refractivity contribution >= 4 is 12.1 Å². The molecule has 0 aromatic rings. The highest BCUT2D eigenvalue weighted by atomic mass is 16.6. The van der Waals surface area contributed by atoms with Crippen LogP contribution in [0.25, 0.3) is 0 Å². The first-order valence-electron chi connectivity index (χ1n) is 6.47. The summed E-state index contributed by atoms with van der Waals surface area (Å²) in [5.41, 5.74) is -1.11. The van der Waals surface area contributed by atoms with Gasteiger partial charge in [-0.1, -0.05) is 0 Å². The molecule has 2 fully saturated rings. The second kappa shape index (κ2) is 4.14. The zero-order chi connectivity index (χ0) is 13.6. The van der Waals surface area contributed by atoms with Gasteiger partial charge in [-0.15, -0.1) is 0 Å². The lowest BCUT2D eigenvalue weighted by molar-refractivity contribution is -0.159. The predicted molar refractivity (Wildman–Crippen MR) is 65.2 cm³/mol. The van der Waals surface area contributed by atoms with Crippen molar-refractivity contribution in [3.63, 3.8) is 0 Å². The number of alkyl carbamates (subject to hydrolysis) is 1. The van der Waals surface area contributed by atoms with E-state index in [1.165, 1.54) is 0 Å². The van der Waals surface area contributed by atoms with Gasteiger partial charge in [-0.25, -0.2) is 4.79 Å². The van der Waals surface area contributed by atoms with Crippen molar-refractivity contribution in [1.29, 1.82) is 0 Å². The molecular weight excluding hydrogens is 234 g/mol. The molecule has 18 heavy (non-hydrogen) atoms. The fraction of sp³-hybridized carbons (Fsp3) is 0.846. The number of fused-ring (bicyclic) bond motifs is 1. The lowest BCUT2D eigenvalue weighted by Gasteiger charge is -2.43. The number of hydrogen-bond donors (Lipinski definition) is 2. The molecule has 0 bridgehead atoms. The van der Waals surface area contributed by atoms with Crippen LogP contribution in [0.15, 0.2) is 0 Å². The van der Waals surface area contributed by atoms with E-state index in [-0.39, 0.29) is 12.0 Å². The van der Waals surface area contributed by atoms with Gasteiger partial charge in [0.1, 0.15) is 5.60 Å². The van der Waals surface area contributed by atoms with Crippen molar-refractivity contribution in [1.82, 2.24) is 5.32 Å². The van der Waals surface area contributed by atoms with Gasteiger partial charge in [0.25, 0.3) is 0 Å². The molecule has 5 heteroatoms. The van der Waals surface area contributed by atoms with E-state index in [9.17, 15) is 14.7 Å². The van der Waals surface area contributed by atoms with Crippen LogP contribution in [-0.2, 0) is 9.53 Å². The third kappa shape index (κ3) is 2.18. The van der Waals surface area contributed by atoms with Crippen LogP contribution in [0.4, 0.5) is 4.79 Å². The fourth-order valence-corrected chi connectivity index (χ4v) is 3.17. The van der Waals surface area contributed by atoms with E-state index >= 15 is 0 Å². The van der Waals surface area contributed by atoms with E-state index in [1.54, 1.807) is 0 Å². The first-order valence-corrected chi connectivity index (χ1v) is 6.47. The van der Waals surface area contributed by atoms with Gasteiger partial charge < -0.3 is 15.2 Å². The number of carboxylic acid groups (broad SMARTS) is 1. The number of ether oxygens (including phenoxy) is 1. The molecule has 0 spiro atoms. The van der Waals surface area contributed by atoms with Crippen LogP contribution in [0, 0.1) is 11.3 Å². The first kappa shape index (κ1) is 13.2. The molecule has 2 aliphatic carbocycles. The van der Waals surface area contributed by atoms with Crippen LogP contribution in [0.1, 0.15) is 46.5 Å². The van der Waals surface area contributed by atoms with Crippen molar-refractivity contribution < 1.29 is 19.4 Å². The Balaban J connectivity index is 1.93. The number of aliphatic carboxylic acids is 1. The molecule has 1 amide bonds. The summed E-state index contributed by atoms with van der Waals surface area (Å²) in [5, 5.41) is 12.1. The Labute approximate surface area is 107 Å². The molecule has 0 unspecified atom stereocenters. The van der Waals surface area contributed by atoms with Gasteiger partial charge in [0, 0.05) is 6.04 Å². The minimum Gasteiger partial charge on any atom is -0.481 e. The second-order valence-corrected chi connectivity index (χ2v) is 6.40. The smallest absolute Gasteiger partial charge is 0.407 e. The van der Waals surface area contributed by atoms with Gasteiger partial charge in [0.15, 0.2) is 0 Å². The molecule has 2 saturated carbocycles. The highest BCUT2D eigenvalue weighted by Crippen LogP contribution is 2.57. The van der Waals surface area contributed by atoms with Gasteiger partial charge >= 0.3 is 12.1 Å². The van der Waals surface area contributed by atoms with Crippen molar-refractivity contribution in [2.24, 2.45) is 11.3 Å². The van der Waals surface area contributed by atoms with Crippen LogP contribution >= 0.6 is 0 Å². The molecule has 3 atom stereocenters. The topological polar surface area (TPSA) is 75.6 Å². The van der Waals surface area contributed by atoms with Crippen molar-refractivity contribution in [3.05, 3.63) is 0 Å². The predicted octanol–water partition coefficient (Wildman–Crippen LogP) is 2.15. The molecule has 0 aromatic carbocycles. The van der Waals surface area contributed by atoms with Gasteiger partial charge in [0.05, 0.1) is 5.41 Å². The summed E-state index contributed by atoms with van der Waals surface area (Å²) in [6.45, 7) is 5.43. The summed E-state index contributed by atoms with van der Waals surface area (Å²) in [5.74, 6) is -0.644. The molecule has 102 valence electrons. The number of carbonyl (C=O) groups is 2. The summed E-state index contributed by atoms with van der Waals surface area (Å²) >= 11 is 0. The monoisotopic (exact) mass is 255 g/mol. The SMILES string of the molecule is CC(C)(C)OC(=O)N[C@@H]1CC[C@@]2(C(=O)O)CC[C@@H]12. The molecule has 2 rings (SSSR count). The maximum atomic E-state index is 11.7. The maximum absolute atomic E-state index is 11.7. The molecule has 2 N–H and O–H groups in total. The van der Waals surface area contributed by atoms with Crippen LogP contribution in [0.5, 0.6) is 0 Å². The Morgan fingerprint density at radius 1 is 1.28 bits per heavy atom. The average Bonchev–Trinajstić information content (AvgIpc) is 2.34. The molecule has 0 aliphatic heterocycles. The van der Waals surface area contributed by atoms with Crippen molar-refractivity contribution in [2.75, 3.05) is 0 Å². The van der Waals surface area contributed by atoms with E-state index < -0.39 is 23.1 Å². The minimum absolute atomic E-state index is 0.0512. The van der Waals surface area contributed by atoms with E-state index in [4.69, 9.17) is 4.74 Å². The first-order chi connectivity index (χ1) is 8.24. The molecular formula is C13H21NO4. The van der Waals surface area contributed by atoms with Gasteiger partial charge in [0.2, 0.25) is 0 Å². The number of rotatable bonds is 2. The summed E-state index contributed by atoms with van der Waals surface area (Å²) in [6, 6.07) is -0.0512. The summed E-state index contributed by atoms with van der Waals surface area (Å²) in [4.78, 5) is 23.0. The lowest BCUT2D eigenvalue weighted by Crippen LogP contribution is -2.51. The zero-order valence-corrected chi connectivity index (χ0v) is 11.2. The molecule has 2 aliphatic rings. The summed E-state index contributed by atoms with van der Waals surface area (Å²) in [7, 11) is 0. The molecule has 0 radical (unpaired) electrons. The minimum atomic E-state index is -0.716. The molecule has 5 nitrogen and oxygen atoms in total. The number of nitrogens with one attached hydrogen (secondary N) is 1. The highest BCUT2D eigenvalue weighted by Gasteiger charge is 2.60. The standard InChI is InChI=1S/C13H21NO4/c1-12(2,3)18-11(17)14-9-5-7-13(10(15)16)6-4-8(9)13/h8-9H,4-7H2,1-3H3,(H,14,17)(H,15,16)/t8-,9+,13-/m0/s1. The van der Waals surface area contributed by atoms with E-state index in [1.807, 2.05) is 20.8 Å². The fourth-order valence-electron chi connectivity index (χ4n) is 3.17. The van der Waals surface area contributed by atoms with Crippen molar-refractivity contribution in [2.45, 2.75) is 58.1 Å². The van der Waals surface area contributed by atoms with E-state index in [0.717, 1.165) is 19.3 Å². The third-order valence-corrected chi connectivity index (χ3v) is 4.13. The van der Waals surface area contributed by atoms with Crippen molar-refractivity contribution in [3.8, 4) is 0 Å². The Kier molecular flexibility index (Phi) is 3.03. The average molecular weight is 255 g/mol. The number of amides is 1. The van der Waals surface area contributed by atoms with Gasteiger partial charge in [-0.05, 0) is 52.4 Å². The zero-order valence-electron chi connectivity index (χ0n) is 11.2. The molecule has 0 saturated heterocycles. The largest absolute Gasteiger partial charge is 0.481 e. The second-order valence-electron chi connectivity index (χ2n) is 6.40. The van der Waals surface area contributed by atoms with Crippen LogP contribution in [-0.4, -0.2) is 28.8 Å². The highest BCUT2D eigenvalue weighted by molar-refractivity contribution is 5.77. The van der Waals surface area contributed by atoms with Crippen LogP contribution < -0.4 is 5.32 Å². The van der Waals surface area contributed by atoms with E-state index in [2.05, 4.69) is 5.32 Å². The lowest BCUT2D eigenvalue weighted by atomic mass is 9.61. The molecule has 0 aromatic heterocycles. The number of carbonyl (C=O) groups excluding carboxylic acids is 1. The van der Waals surface area contributed by atoms with Gasteiger partial charge in [-0.3, -0.25) is 4.79 Å². The quantitative estimate of drug-likeness (QED) is 0.792. The maximum Gasteiger partial charge on any atom is 0.407 e. The third-order valence-electron chi connectivity index (χ3n) is 4.13. The van der Waals surface area contributed by atoms with Crippen LogP contribution in [0.3, 0.4) is 0 Å². The Morgan fingerprint density at radius 3 is 2.28 bits per heavy atom. The van der Waals surface area contributed by atoms with E-state index in [0.29, 0.717) is 6.42 Å². The van der Waals surface area contributed by atoms with Crippen LogP contribution in [0.2, 0.25) is 0 Å². The number of carboxylic acids is 1. The normalized spacial score (nSPS) is 34.4. The summed E-state index contributed by atoms with van der Waals surface area (Å²) in [6.07, 6.45) is 2.57. The Hall–Kier alpha value is -1.26. The number of hydrogen-bond acceptors (Lipinski definition) is 3.